The summed E-state index contributed by atoms with van der Waals surface area (Å²) in [6.07, 6.45) is 3.72. The van der Waals surface area contributed by atoms with Gasteiger partial charge in [0, 0.05) is 30.5 Å². The van der Waals surface area contributed by atoms with Crippen LogP contribution in [0.2, 0.25) is 5.02 Å². The molecule has 0 bridgehead atoms. The topological polar surface area (TPSA) is 108 Å². The van der Waals surface area contributed by atoms with E-state index in [-0.39, 0.29) is 23.7 Å². The van der Waals surface area contributed by atoms with Crippen LogP contribution in [0, 0.1) is 0 Å². The first-order valence-corrected chi connectivity index (χ1v) is 16.6. The third-order valence-corrected chi connectivity index (χ3v) is 9.05. The van der Waals surface area contributed by atoms with Gasteiger partial charge in [-0.2, -0.15) is 0 Å². The van der Waals surface area contributed by atoms with Gasteiger partial charge in [-0.3, -0.25) is 14.3 Å². The summed E-state index contributed by atoms with van der Waals surface area (Å²) in [6.45, 7) is 1.76. The van der Waals surface area contributed by atoms with Crippen molar-refractivity contribution in [3.63, 3.8) is 0 Å². The Labute approximate surface area is 252 Å². The minimum Gasteiger partial charge on any atom is -0.343 e. The van der Waals surface area contributed by atoms with E-state index in [4.69, 9.17) is 11.6 Å². The van der Waals surface area contributed by atoms with Crippen LogP contribution in [0.25, 0.3) is 0 Å². The van der Waals surface area contributed by atoms with E-state index in [2.05, 4.69) is 15.4 Å². The first kappa shape index (κ1) is 30.1. The first-order valence-electron chi connectivity index (χ1n) is 14.4. The highest BCUT2D eigenvalue weighted by Crippen LogP contribution is 2.34. The largest absolute Gasteiger partial charge is 0.343 e. The number of halogens is 1. The molecule has 10 heteroatoms. The summed E-state index contributed by atoms with van der Waals surface area (Å²) >= 11 is 6.10. The minimum atomic E-state index is -3.41. The second-order valence-corrected chi connectivity index (χ2v) is 13.4. The molecule has 2 aliphatic heterocycles. The molecule has 2 amide bonds. The minimum absolute atomic E-state index is 0.0360. The van der Waals surface area contributed by atoms with Gasteiger partial charge in [0.15, 0.2) is 0 Å². The number of sulfonamides is 1. The molecule has 0 unspecified atom stereocenters. The van der Waals surface area contributed by atoms with Crippen molar-refractivity contribution in [2.24, 2.45) is 0 Å². The van der Waals surface area contributed by atoms with Gasteiger partial charge >= 0.3 is 0 Å². The molecule has 0 aromatic heterocycles. The van der Waals surface area contributed by atoms with E-state index in [1.165, 1.54) is 0 Å². The highest BCUT2D eigenvalue weighted by atomic mass is 35.5. The number of likely N-dealkylation sites (tertiary alicyclic amines) is 1. The summed E-state index contributed by atoms with van der Waals surface area (Å²) in [6, 6.07) is 23.6. The maximum atomic E-state index is 13.9. The van der Waals surface area contributed by atoms with Gasteiger partial charge in [-0.05, 0) is 66.6 Å². The quantitative estimate of drug-likeness (QED) is 0.336. The van der Waals surface area contributed by atoms with E-state index < -0.39 is 22.1 Å². The normalized spacial score (nSPS) is 20.2. The van der Waals surface area contributed by atoms with E-state index >= 15 is 0 Å². The molecule has 222 valence electrons. The van der Waals surface area contributed by atoms with Gasteiger partial charge in [-0.1, -0.05) is 72.3 Å². The summed E-state index contributed by atoms with van der Waals surface area (Å²) in [7, 11) is -3.41. The maximum absolute atomic E-state index is 13.9. The first-order chi connectivity index (χ1) is 20.2. The van der Waals surface area contributed by atoms with Crippen LogP contribution in [-0.2, 0) is 26.0 Å². The Morgan fingerprint density at radius 2 is 1.62 bits per heavy atom. The zero-order valence-corrected chi connectivity index (χ0v) is 25.2. The van der Waals surface area contributed by atoms with Gasteiger partial charge in [0.2, 0.25) is 21.8 Å². The zero-order valence-electron chi connectivity index (χ0n) is 23.6. The number of carbonyl (C=O) groups excluding carboxylic acids is 2. The van der Waals surface area contributed by atoms with Crippen molar-refractivity contribution < 1.29 is 18.0 Å². The molecule has 2 heterocycles. The van der Waals surface area contributed by atoms with Gasteiger partial charge in [0.1, 0.15) is 6.04 Å². The van der Waals surface area contributed by atoms with Crippen molar-refractivity contribution in [2.75, 3.05) is 30.6 Å². The molecule has 8 nitrogen and oxygen atoms in total. The lowest BCUT2D eigenvalue weighted by atomic mass is 9.88. The number of hydrogen-bond acceptors (Lipinski definition) is 5. The van der Waals surface area contributed by atoms with Crippen molar-refractivity contribution in [1.82, 2.24) is 15.5 Å². The molecule has 5 rings (SSSR count). The summed E-state index contributed by atoms with van der Waals surface area (Å²) in [4.78, 5) is 29.4. The lowest BCUT2D eigenvalue weighted by molar-refractivity contribution is -0.137. The summed E-state index contributed by atoms with van der Waals surface area (Å²) in [5.74, 6) is -0.148. The summed E-state index contributed by atoms with van der Waals surface area (Å²) in [5.41, 5.74) is 3.53. The smallest absolute Gasteiger partial charge is 0.245 e. The molecule has 3 atom stereocenters. The third kappa shape index (κ3) is 7.51. The molecular weight excluding hydrogens is 572 g/mol. The average molecular weight is 609 g/mol. The van der Waals surface area contributed by atoms with Gasteiger partial charge < -0.3 is 15.5 Å². The monoisotopic (exact) mass is 608 g/mol. The van der Waals surface area contributed by atoms with E-state index in [0.29, 0.717) is 43.1 Å². The molecule has 0 radical (unpaired) electrons. The number of carbonyl (C=O) groups is 2. The number of nitrogens with zero attached hydrogens (tertiary/aromatic N) is 1. The van der Waals surface area contributed by atoms with Crippen LogP contribution < -0.4 is 15.4 Å². The van der Waals surface area contributed by atoms with Gasteiger partial charge in [-0.25, -0.2) is 8.42 Å². The Hall–Kier alpha value is -3.40. The SMILES string of the molecule is CS(=O)(=O)Nc1ccccc1C1CCN(C(=O)[C@@H](Cc2ccc(Cl)cc2)NC(=O)[C@H]2NCC[C@@H]2c2ccccc2)CC1. The van der Waals surface area contributed by atoms with Crippen LogP contribution in [-0.4, -0.2) is 63.1 Å². The van der Waals surface area contributed by atoms with Crippen LogP contribution in [0.5, 0.6) is 0 Å². The van der Waals surface area contributed by atoms with Crippen LogP contribution in [0.15, 0.2) is 78.9 Å². The van der Waals surface area contributed by atoms with Crippen molar-refractivity contribution in [1.29, 1.82) is 0 Å². The number of nitrogens with one attached hydrogen (secondary N) is 3. The fourth-order valence-corrected chi connectivity index (χ4v) is 6.84. The van der Waals surface area contributed by atoms with Crippen molar-refractivity contribution in [3.8, 4) is 0 Å². The lowest BCUT2D eigenvalue weighted by Gasteiger charge is -2.35. The number of amides is 2. The fourth-order valence-electron chi connectivity index (χ4n) is 6.13. The van der Waals surface area contributed by atoms with E-state index in [9.17, 15) is 18.0 Å². The van der Waals surface area contributed by atoms with Crippen molar-refractivity contribution in [3.05, 3.63) is 101 Å². The molecular formula is C32H37ClN4O4S. The second kappa shape index (κ2) is 13.3. The van der Waals surface area contributed by atoms with E-state index in [0.717, 1.165) is 35.9 Å². The average Bonchev–Trinajstić information content (AvgIpc) is 3.48. The number of benzene rings is 3. The highest BCUT2D eigenvalue weighted by molar-refractivity contribution is 7.92. The van der Waals surface area contributed by atoms with Crippen LogP contribution in [0.1, 0.15) is 47.8 Å². The Kier molecular flexibility index (Phi) is 9.50. The lowest BCUT2D eigenvalue weighted by Crippen LogP contribution is -2.55. The number of anilines is 1. The Morgan fingerprint density at radius 3 is 2.31 bits per heavy atom. The van der Waals surface area contributed by atoms with E-state index in [1.807, 2.05) is 59.5 Å². The summed E-state index contributed by atoms with van der Waals surface area (Å²) in [5, 5.41) is 7.05. The van der Waals surface area contributed by atoms with E-state index in [1.54, 1.807) is 24.3 Å². The predicted molar refractivity (Wildman–Crippen MR) is 166 cm³/mol. The Morgan fingerprint density at radius 1 is 0.952 bits per heavy atom. The molecule has 2 aliphatic rings. The van der Waals surface area contributed by atoms with Crippen molar-refractivity contribution in [2.45, 2.75) is 49.6 Å². The van der Waals surface area contributed by atoms with Gasteiger partial charge in [-0.15, -0.1) is 0 Å². The van der Waals surface area contributed by atoms with Gasteiger partial charge in [0.05, 0.1) is 18.0 Å². The number of para-hydroxylation sites is 1. The summed E-state index contributed by atoms with van der Waals surface area (Å²) < 4.78 is 26.4. The maximum Gasteiger partial charge on any atom is 0.245 e. The predicted octanol–water partition coefficient (Wildman–Crippen LogP) is 4.29. The van der Waals surface area contributed by atoms with Gasteiger partial charge in [0.25, 0.3) is 0 Å². The second-order valence-electron chi connectivity index (χ2n) is 11.2. The number of rotatable bonds is 9. The molecule has 3 N–H and O–H groups in total. The molecule has 3 aromatic carbocycles. The highest BCUT2D eigenvalue weighted by Gasteiger charge is 2.37. The fraction of sp³-hybridized carbons (Fsp3) is 0.375. The van der Waals surface area contributed by atoms with Crippen LogP contribution in [0.4, 0.5) is 5.69 Å². The van der Waals surface area contributed by atoms with Crippen LogP contribution in [0.3, 0.4) is 0 Å². The molecule has 42 heavy (non-hydrogen) atoms. The Bertz CT molecular complexity index is 1490. The molecule has 0 aliphatic carbocycles. The molecule has 0 spiro atoms. The molecule has 0 saturated carbocycles. The number of piperidine rings is 1. The van der Waals surface area contributed by atoms with Crippen molar-refractivity contribution >= 4 is 39.1 Å². The molecule has 2 saturated heterocycles. The molecule has 2 fully saturated rings. The number of hydrogen-bond donors (Lipinski definition) is 3. The zero-order chi connectivity index (χ0) is 29.7. The standard InChI is InChI=1S/C32H37ClN4O4S/c1-42(40,41)36-28-10-6-5-9-26(28)24-16-19-37(20-17-24)32(39)29(21-22-11-13-25(33)14-12-22)35-31(38)30-27(15-18-34-30)23-7-3-2-4-8-23/h2-14,24,27,29-30,34,36H,15-21H2,1H3,(H,35,38)/t27-,29-,30+/m1/s1. The Balaban J connectivity index is 1.30. The molecule has 3 aromatic rings. The van der Waals surface area contributed by atoms with Crippen LogP contribution >= 0.6 is 11.6 Å². The third-order valence-electron chi connectivity index (χ3n) is 8.20.